The normalized spacial score (nSPS) is 17.3. The fourth-order valence-corrected chi connectivity index (χ4v) is 29.0. The standard InChI is InChI=1S/C15H44N3OPSi4/c1-15(2)19-20(16-21(3,4)5,17-22(6,7)8)18(23(9,10)11)24(12,13)14/h15-16H,1-14H3/t20-/m0/s1. The first-order valence-corrected chi connectivity index (χ1v) is 24.6. The van der Waals surface area contributed by atoms with Crippen LogP contribution < -0.4 is 4.75 Å². The number of hydrogen-bond acceptors (Lipinski definition) is 2. The molecule has 0 rings (SSSR count). The molecule has 0 aliphatic carbocycles. The molecule has 0 aromatic carbocycles. The summed E-state index contributed by atoms with van der Waals surface area (Å²) in [6, 6.07) is 0. The molecule has 0 aromatic heterocycles. The summed E-state index contributed by atoms with van der Waals surface area (Å²) < 4.78 is 19.2. The van der Waals surface area contributed by atoms with Crippen molar-refractivity contribution in [3.8, 4) is 0 Å². The number of rotatable bonds is 8. The summed E-state index contributed by atoms with van der Waals surface area (Å²) in [5.41, 5.74) is 0. The molecule has 24 heavy (non-hydrogen) atoms. The highest BCUT2D eigenvalue weighted by atomic mass is 31.2. The van der Waals surface area contributed by atoms with Gasteiger partial charge in [-0.25, -0.2) is 0 Å². The van der Waals surface area contributed by atoms with Gasteiger partial charge in [0.25, 0.3) is 0 Å². The van der Waals surface area contributed by atoms with Crippen LogP contribution in [0, 0.1) is 0 Å². The van der Waals surface area contributed by atoms with Gasteiger partial charge < -0.3 is 4.52 Å². The molecule has 0 saturated heterocycles. The van der Waals surface area contributed by atoms with Gasteiger partial charge in [-0.1, -0.05) is 58.9 Å². The summed E-state index contributed by atoms with van der Waals surface area (Å²) in [5.74, 6) is 0. The van der Waals surface area contributed by atoms with E-state index in [4.69, 9.17) is 8.93 Å². The second kappa shape index (κ2) is 7.92. The third-order valence-electron chi connectivity index (χ3n) is 2.82. The van der Waals surface area contributed by atoms with E-state index in [2.05, 4.69) is 101 Å². The number of nitrogens with zero attached hydrogens (tertiary/aromatic N) is 2. The first-order chi connectivity index (χ1) is 10.2. The van der Waals surface area contributed by atoms with Crippen molar-refractivity contribution in [2.75, 3.05) is 0 Å². The van der Waals surface area contributed by atoms with E-state index in [1.165, 1.54) is 0 Å². The third-order valence-corrected chi connectivity index (χ3v) is 23.2. The maximum absolute atomic E-state index is 6.80. The van der Waals surface area contributed by atoms with Gasteiger partial charge in [-0.2, -0.15) is 0 Å². The number of nitrogens with one attached hydrogen (secondary N) is 1. The Morgan fingerprint density at radius 2 is 1.17 bits per heavy atom. The molecule has 0 saturated carbocycles. The zero-order valence-electron chi connectivity index (χ0n) is 18.8. The molecule has 1 N–H and O–H groups in total. The summed E-state index contributed by atoms with van der Waals surface area (Å²) in [7, 11) is -8.67. The van der Waals surface area contributed by atoms with Gasteiger partial charge in [0.05, 0.1) is 6.10 Å². The quantitative estimate of drug-likeness (QED) is 0.352. The van der Waals surface area contributed by atoms with Crippen LogP contribution in [0.5, 0.6) is 0 Å². The molecule has 1 atom stereocenters. The summed E-state index contributed by atoms with van der Waals surface area (Å²) >= 11 is 0. The minimum atomic E-state index is -2.19. The van der Waals surface area contributed by atoms with Gasteiger partial charge in [-0.15, -0.1) is 0 Å². The molecular formula is C15H44N3OPSi4. The molecule has 0 radical (unpaired) electrons. The molecule has 0 aromatic rings. The molecule has 4 nitrogen and oxygen atoms in total. The third kappa shape index (κ3) is 8.57. The van der Waals surface area contributed by atoms with Crippen molar-refractivity contribution in [1.82, 2.24) is 8.75 Å². The Morgan fingerprint density at radius 3 is 1.38 bits per heavy atom. The zero-order valence-corrected chi connectivity index (χ0v) is 23.7. The van der Waals surface area contributed by atoms with Crippen LogP contribution in [0.4, 0.5) is 0 Å². The molecule has 0 amide bonds. The molecule has 0 aliphatic heterocycles. The average molecular weight is 426 g/mol. The molecule has 0 aliphatic rings. The van der Waals surface area contributed by atoms with Crippen molar-refractivity contribution >= 4 is 40.5 Å². The lowest BCUT2D eigenvalue weighted by Crippen LogP contribution is -2.61. The highest BCUT2D eigenvalue weighted by molar-refractivity contribution is 7.64. The fraction of sp³-hybridized carbons (Fsp3) is 1.00. The maximum atomic E-state index is 6.80. The van der Waals surface area contributed by atoms with Crippen LogP contribution in [-0.4, -0.2) is 43.0 Å². The lowest BCUT2D eigenvalue weighted by atomic mass is 10.5. The highest BCUT2D eigenvalue weighted by Crippen LogP contribution is 2.58. The van der Waals surface area contributed by atoms with Gasteiger partial charge >= 0.3 is 0 Å². The molecule has 0 heterocycles. The molecule has 146 valence electrons. The fourth-order valence-electron chi connectivity index (χ4n) is 3.17. The molecule has 9 heteroatoms. The van der Waals surface area contributed by atoms with Gasteiger partial charge in [0.2, 0.25) is 0 Å². The molecule has 0 unspecified atom stereocenters. The monoisotopic (exact) mass is 425 g/mol. The van der Waals surface area contributed by atoms with Gasteiger partial charge in [0.15, 0.2) is 15.8 Å². The van der Waals surface area contributed by atoms with Crippen molar-refractivity contribution in [3.05, 3.63) is 0 Å². The summed E-state index contributed by atoms with van der Waals surface area (Å²) in [6.45, 7) is 33.2. The van der Waals surface area contributed by atoms with Crippen molar-refractivity contribution < 1.29 is 4.52 Å². The van der Waals surface area contributed by atoms with E-state index in [1.54, 1.807) is 0 Å². The Kier molecular flexibility index (Phi) is 8.24. The lowest BCUT2D eigenvalue weighted by Gasteiger charge is -2.53. The molecule has 0 fully saturated rings. The van der Waals surface area contributed by atoms with Gasteiger partial charge in [0, 0.05) is 0 Å². The van der Waals surface area contributed by atoms with Crippen LogP contribution in [0.2, 0.25) is 78.6 Å². The Balaban J connectivity index is 6.81. The Labute approximate surface area is 156 Å². The predicted octanol–water partition coefficient (Wildman–Crippen LogP) is 6.59. The largest absolute Gasteiger partial charge is 0.320 e. The highest BCUT2D eigenvalue weighted by Gasteiger charge is 2.48. The van der Waals surface area contributed by atoms with Gasteiger partial charge in [-0.05, 0) is 33.5 Å². The maximum Gasteiger partial charge on any atom is 0.196 e. The van der Waals surface area contributed by atoms with E-state index in [1.807, 2.05) is 0 Å². The second-order valence-corrected chi connectivity index (χ2v) is 34.0. The molecular weight excluding hydrogens is 382 g/mol. The van der Waals surface area contributed by atoms with Crippen molar-refractivity contribution in [3.63, 3.8) is 0 Å². The van der Waals surface area contributed by atoms with E-state index in [0.29, 0.717) is 0 Å². The van der Waals surface area contributed by atoms with Crippen molar-refractivity contribution in [1.29, 1.82) is 0 Å². The van der Waals surface area contributed by atoms with E-state index >= 15 is 0 Å². The van der Waals surface area contributed by atoms with Crippen LogP contribution in [0.25, 0.3) is 0 Å². The van der Waals surface area contributed by atoms with Crippen LogP contribution >= 0.6 is 7.58 Å². The molecule has 0 bridgehead atoms. The van der Waals surface area contributed by atoms with Crippen LogP contribution in [0.15, 0.2) is 4.41 Å². The van der Waals surface area contributed by atoms with E-state index in [0.717, 1.165) is 0 Å². The Bertz CT molecular complexity index is 457. The minimum absolute atomic E-state index is 0.178. The SMILES string of the molecule is CC(C)O[P@](=N[Si](C)(C)C)(N[Si](C)(C)C)N([Si](C)(C)C)[Si](C)(C)C. The first kappa shape index (κ1) is 25.0. The minimum Gasteiger partial charge on any atom is -0.320 e. The Hall–Kier alpha value is 0.978. The van der Waals surface area contributed by atoms with Gasteiger partial charge in [-0.3, -0.25) is 13.2 Å². The van der Waals surface area contributed by atoms with Crippen LogP contribution in [0.3, 0.4) is 0 Å². The topological polar surface area (TPSA) is 36.9 Å². The summed E-state index contributed by atoms with van der Waals surface area (Å²) in [4.78, 5) is 0. The van der Waals surface area contributed by atoms with E-state index in [9.17, 15) is 0 Å². The summed E-state index contributed by atoms with van der Waals surface area (Å²) in [5, 5.41) is 0. The molecule has 0 spiro atoms. The van der Waals surface area contributed by atoms with E-state index in [-0.39, 0.29) is 6.10 Å². The van der Waals surface area contributed by atoms with Crippen LogP contribution in [0.1, 0.15) is 13.8 Å². The zero-order chi connectivity index (χ0) is 19.8. The average Bonchev–Trinajstić information content (AvgIpc) is 2.00. The predicted molar refractivity (Wildman–Crippen MR) is 124 cm³/mol. The smallest absolute Gasteiger partial charge is 0.196 e. The van der Waals surface area contributed by atoms with Crippen LogP contribution in [-0.2, 0) is 4.52 Å². The first-order valence-electron chi connectivity index (χ1n) is 9.12. The van der Waals surface area contributed by atoms with Gasteiger partial charge in [0.1, 0.15) is 24.7 Å². The van der Waals surface area contributed by atoms with Crippen molar-refractivity contribution in [2.45, 2.75) is 98.5 Å². The lowest BCUT2D eigenvalue weighted by molar-refractivity contribution is 0.254. The van der Waals surface area contributed by atoms with E-state index < -0.39 is 40.5 Å². The Morgan fingerprint density at radius 1 is 0.792 bits per heavy atom. The van der Waals surface area contributed by atoms with Crippen molar-refractivity contribution in [2.24, 2.45) is 4.41 Å². The summed E-state index contributed by atoms with van der Waals surface area (Å²) in [6.07, 6.45) is 0.178. The second-order valence-electron chi connectivity index (χ2n) is 11.0. The number of hydrogen-bond donors (Lipinski definition) is 1.